The molecule has 7 nitrogen and oxygen atoms in total. The van der Waals surface area contributed by atoms with Gasteiger partial charge in [-0.25, -0.2) is 0 Å². The van der Waals surface area contributed by atoms with Crippen LogP contribution in [0.1, 0.15) is 31.8 Å². The number of nitrogens with one attached hydrogen (secondary N) is 1. The lowest BCUT2D eigenvalue weighted by Crippen LogP contribution is -2.27. The van der Waals surface area contributed by atoms with Crippen molar-refractivity contribution in [2.24, 2.45) is 0 Å². The number of methoxy groups -OCH3 is 1. The fourth-order valence-corrected chi connectivity index (χ4v) is 4.63. The van der Waals surface area contributed by atoms with Crippen molar-refractivity contribution in [1.29, 1.82) is 0 Å². The second-order valence-corrected chi connectivity index (χ2v) is 8.83. The number of carbonyl (C=O) groups excluding carboxylic acids is 1. The summed E-state index contributed by atoms with van der Waals surface area (Å²) in [5.74, 6) is 2.62. The molecular weight excluding hydrogens is 398 g/mol. The molecule has 30 heavy (non-hydrogen) atoms. The van der Waals surface area contributed by atoms with Crippen molar-refractivity contribution < 1.29 is 9.53 Å². The number of hydrogen-bond acceptors (Lipinski definition) is 6. The van der Waals surface area contributed by atoms with Crippen LogP contribution in [0.4, 0.5) is 0 Å². The van der Waals surface area contributed by atoms with Gasteiger partial charge in [0.25, 0.3) is 5.91 Å². The molecule has 0 aliphatic carbocycles. The molecule has 0 radical (unpaired) electrons. The van der Waals surface area contributed by atoms with Gasteiger partial charge in [0.1, 0.15) is 17.4 Å². The highest BCUT2D eigenvalue weighted by Gasteiger charge is 2.19. The Morgan fingerprint density at radius 3 is 2.70 bits per heavy atom. The Hall–Kier alpha value is -2.71. The summed E-state index contributed by atoms with van der Waals surface area (Å²) in [7, 11) is 1.61. The van der Waals surface area contributed by atoms with Crippen LogP contribution in [0.15, 0.2) is 36.4 Å². The highest BCUT2D eigenvalue weighted by molar-refractivity contribution is 7.11. The van der Waals surface area contributed by atoms with E-state index in [2.05, 4.69) is 44.0 Å². The number of aryl methyl sites for hydroxylation is 1. The normalized spacial score (nSPS) is 14.2. The number of fused-ring (bicyclic) bond motifs is 1. The van der Waals surface area contributed by atoms with Gasteiger partial charge in [-0.1, -0.05) is 0 Å². The van der Waals surface area contributed by atoms with Crippen LogP contribution < -0.4 is 10.1 Å². The molecule has 8 heteroatoms. The number of aromatic nitrogens is 3. The van der Waals surface area contributed by atoms with Crippen LogP contribution in [0.5, 0.6) is 5.75 Å². The van der Waals surface area contributed by atoms with Crippen LogP contribution in [0.3, 0.4) is 0 Å². The molecule has 3 heterocycles. The van der Waals surface area contributed by atoms with Crippen LogP contribution >= 0.6 is 11.3 Å². The first-order chi connectivity index (χ1) is 14.6. The maximum atomic E-state index is 12.3. The van der Waals surface area contributed by atoms with E-state index in [4.69, 9.17) is 4.74 Å². The summed E-state index contributed by atoms with van der Waals surface area (Å²) < 4.78 is 7.35. The fourth-order valence-electron chi connectivity index (χ4n) is 3.69. The summed E-state index contributed by atoms with van der Waals surface area (Å²) >= 11 is 1.87. The average molecular weight is 426 g/mol. The maximum absolute atomic E-state index is 12.3. The van der Waals surface area contributed by atoms with E-state index in [0.717, 1.165) is 50.0 Å². The number of carbonyl (C=O) groups is 1. The predicted octanol–water partition coefficient (Wildman–Crippen LogP) is 2.69. The zero-order valence-corrected chi connectivity index (χ0v) is 18.2. The predicted molar refractivity (Wildman–Crippen MR) is 117 cm³/mol. The molecule has 0 fully saturated rings. The monoisotopic (exact) mass is 425 g/mol. The van der Waals surface area contributed by atoms with E-state index in [0.29, 0.717) is 18.5 Å². The average Bonchev–Trinajstić information content (AvgIpc) is 3.29. The summed E-state index contributed by atoms with van der Waals surface area (Å²) in [6, 6.07) is 11.5. The maximum Gasteiger partial charge on any atom is 0.251 e. The zero-order chi connectivity index (χ0) is 20.9. The number of benzene rings is 1. The molecule has 0 spiro atoms. The first-order valence-corrected chi connectivity index (χ1v) is 11.0. The van der Waals surface area contributed by atoms with E-state index in [1.165, 1.54) is 9.75 Å². The Bertz CT molecular complexity index is 995. The number of rotatable bonds is 7. The number of hydrogen-bond donors (Lipinski definition) is 1. The van der Waals surface area contributed by atoms with Crippen LogP contribution in [0.25, 0.3) is 0 Å². The number of nitrogens with zero attached hydrogens (tertiary/aromatic N) is 4. The largest absolute Gasteiger partial charge is 0.497 e. The van der Waals surface area contributed by atoms with Crippen LogP contribution in [0.2, 0.25) is 0 Å². The Kier molecular flexibility index (Phi) is 6.44. The highest BCUT2D eigenvalue weighted by atomic mass is 32.1. The van der Waals surface area contributed by atoms with Crippen molar-refractivity contribution in [2.45, 2.75) is 32.9 Å². The lowest BCUT2D eigenvalue weighted by molar-refractivity contribution is 0.0954. The number of ether oxygens (including phenoxy) is 1. The van der Waals surface area contributed by atoms with Gasteiger partial charge in [-0.05, 0) is 43.3 Å². The Labute approximate surface area is 180 Å². The summed E-state index contributed by atoms with van der Waals surface area (Å²) in [5, 5.41) is 11.7. The molecule has 1 aromatic carbocycles. The molecule has 4 rings (SSSR count). The zero-order valence-electron chi connectivity index (χ0n) is 17.4. The molecule has 0 saturated heterocycles. The van der Waals surface area contributed by atoms with Crippen LogP contribution in [-0.2, 0) is 25.9 Å². The van der Waals surface area contributed by atoms with E-state index in [1.807, 2.05) is 11.3 Å². The molecule has 158 valence electrons. The SMILES string of the molecule is COc1ccc(C(=O)NCCc2nnc3n2CCN(Cc2ccc(C)s2)CC3)cc1. The number of thiophene rings is 1. The molecule has 3 aromatic rings. The van der Waals surface area contributed by atoms with E-state index in [9.17, 15) is 4.79 Å². The van der Waals surface area contributed by atoms with E-state index < -0.39 is 0 Å². The van der Waals surface area contributed by atoms with Crippen molar-refractivity contribution in [3.63, 3.8) is 0 Å². The van der Waals surface area contributed by atoms with Crippen LogP contribution in [0, 0.1) is 6.92 Å². The quantitative estimate of drug-likeness (QED) is 0.630. The van der Waals surface area contributed by atoms with Crippen LogP contribution in [-0.4, -0.2) is 52.3 Å². The molecule has 0 unspecified atom stereocenters. The molecule has 0 atom stereocenters. The van der Waals surface area contributed by atoms with Crippen molar-refractivity contribution in [3.05, 3.63) is 63.4 Å². The van der Waals surface area contributed by atoms with Gasteiger partial charge in [0.05, 0.1) is 7.11 Å². The Balaban J connectivity index is 1.30. The van der Waals surface area contributed by atoms with Crippen molar-refractivity contribution in [1.82, 2.24) is 25.0 Å². The third-order valence-electron chi connectivity index (χ3n) is 5.36. The summed E-state index contributed by atoms with van der Waals surface area (Å²) in [4.78, 5) is 17.6. The van der Waals surface area contributed by atoms with Gasteiger partial charge in [-0.15, -0.1) is 21.5 Å². The van der Waals surface area contributed by atoms with Gasteiger partial charge in [-0.2, -0.15) is 0 Å². The van der Waals surface area contributed by atoms with Gasteiger partial charge in [0, 0.05) is 60.9 Å². The van der Waals surface area contributed by atoms with Gasteiger partial charge >= 0.3 is 0 Å². The molecular formula is C22H27N5O2S. The first-order valence-electron chi connectivity index (χ1n) is 10.2. The highest BCUT2D eigenvalue weighted by Crippen LogP contribution is 2.19. The molecule has 1 amide bonds. The van der Waals surface area contributed by atoms with Crippen molar-refractivity contribution in [3.8, 4) is 5.75 Å². The van der Waals surface area contributed by atoms with Crippen molar-refractivity contribution in [2.75, 3.05) is 26.7 Å². The summed E-state index contributed by atoms with van der Waals surface area (Å²) in [6.45, 7) is 6.52. The van der Waals surface area contributed by atoms with Gasteiger partial charge in [0.2, 0.25) is 0 Å². The minimum Gasteiger partial charge on any atom is -0.497 e. The molecule has 0 saturated carbocycles. The minimum atomic E-state index is -0.0920. The van der Waals surface area contributed by atoms with Crippen molar-refractivity contribution >= 4 is 17.2 Å². The molecule has 0 bridgehead atoms. The third-order valence-corrected chi connectivity index (χ3v) is 6.34. The minimum absolute atomic E-state index is 0.0920. The smallest absolute Gasteiger partial charge is 0.251 e. The lowest BCUT2D eigenvalue weighted by Gasteiger charge is -2.18. The topological polar surface area (TPSA) is 72.3 Å². The van der Waals surface area contributed by atoms with E-state index in [-0.39, 0.29) is 5.91 Å². The Morgan fingerprint density at radius 1 is 1.13 bits per heavy atom. The second-order valence-electron chi connectivity index (χ2n) is 7.46. The Morgan fingerprint density at radius 2 is 1.97 bits per heavy atom. The summed E-state index contributed by atoms with van der Waals surface area (Å²) in [5.41, 5.74) is 0.621. The third kappa shape index (κ3) is 4.88. The van der Waals surface area contributed by atoms with E-state index >= 15 is 0 Å². The second kappa shape index (κ2) is 9.40. The lowest BCUT2D eigenvalue weighted by atomic mass is 10.2. The first kappa shape index (κ1) is 20.6. The molecule has 1 aliphatic heterocycles. The van der Waals surface area contributed by atoms with E-state index in [1.54, 1.807) is 31.4 Å². The molecule has 1 N–H and O–H groups in total. The van der Waals surface area contributed by atoms with Gasteiger partial charge in [-0.3, -0.25) is 9.69 Å². The summed E-state index contributed by atoms with van der Waals surface area (Å²) in [6.07, 6.45) is 1.56. The molecule has 2 aromatic heterocycles. The fraction of sp³-hybridized carbons (Fsp3) is 0.409. The number of amides is 1. The van der Waals surface area contributed by atoms with Gasteiger partial charge < -0.3 is 14.6 Å². The standard InChI is InChI=1S/C22H27N5O2S/c1-16-3-8-19(30-16)15-26-12-10-21-25-24-20(27(21)14-13-26)9-11-23-22(28)17-4-6-18(29-2)7-5-17/h3-8H,9-15H2,1-2H3,(H,23,28). The van der Waals surface area contributed by atoms with Gasteiger partial charge in [0.15, 0.2) is 0 Å². The molecule has 1 aliphatic rings.